The van der Waals surface area contributed by atoms with Crippen LogP contribution in [0.5, 0.6) is 0 Å². The minimum Gasteiger partial charge on any atom is -0.483 e. The lowest BCUT2D eigenvalue weighted by Gasteiger charge is -2.09. The minimum absolute atomic E-state index is 0.514. The zero-order valence-electron chi connectivity index (χ0n) is 23.8. The van der Waals surface area contributed by atoms with E-state index < -0.39 is 0 Å². The maximum atomic E-state index is 8.92. The largest absolute Gasteiger partial charge is 0.483 e. The first-order valence-electron chi connectivity index (χ1n) is 12.6. The van der Waals surface area contributed by atoms with Gasteiger partial charge in [-0.15, -0.1) is 12.3 Å². The molecule has 3 aromatic heterocycles. The first-order valence-corrected chi connectivity index (χ1v) is 12.6. The predicted octanol–water partition coefficient (Wildman–Crippen LogP) is 6.13. The Labute approximate surface area is 237 Å². The maximum Gasteiger partial charge on any atom is 0.228 e. The Balaban J connectivity index is 0.000000334. The first kappa shape index (κ1) is 32.9. The van der Waals surface area contributed by atoms with Gasteiger partial charge in [-0.05, 0) is 88.5 Å². The number of nitrogens with two attached hydrogens (primary N) is 1. The van der Waals surface area contributed by atoms with E-state index in [1.807, 2.05) is 63.5 Å². The van der Waals surface area contributed by atoms with Gasteiger partial charge in [-0.25, -0.2) is 4.98 Å². The lowest BCUT2D eigenvalue weighted by atomic mass is 10.1. The van der Waals surface area contributed by atoms with Crippen molar-refractivity contribution in [2.45, 2.75) is 47.0 Å². The summed E-state index contributed by atoms with van der Waals surface area (Å²) >= 11 is 0. The molecule has 0 saturated heterocycles. The van der Waals surface area contributed by atoms with Crippen LogP contribution in [0.25, 0.3) is 11.0 Å². The number of rotatable bonds is 5. The molecular weight excluding hydrogens is 500 g/mol. The van der Waals surface area contributed by atoms with Gasteiger partial charge in [0.25, 0.3) is 0 Å². The van der Waals surface area contributed by atoms with Crippen molar-refractivity contribution in [2.75, 3.05) is 12.4 Å². The van der Waals surface area contributed by atoms with Crippen molar-refractivity contribution in [3.05, 3.63) is 102 Å². The summed E-state index contributed by atoms with van der Waals surface area (Å²) in [5.41, 5.74) is 9.91. The van der Waals surface area contributed by atoms with Gasteiger partial charge in [0.05, 0.1) is 30.3 Å². The zero-order chi connectivity index (χ0) is 29.6. The van der Waals surface area contributed by atoms with Crippen LogP contribution in [0.15, 0.2) is 96.1 Å². The molecule has 0 aliphatic heterocycles. The molecule has 0 amide bonds. The van der Waals surface area contributed by atoms with Gasteiger partial charge in [0, 0.05) is 24.3 Å². The average Bonchev–Trinajstić information content (AvgIpc) is 3.43. The van der Waals surface area contributed by atoms with Gasteiger partial charge in [-0.2, -0.15) is 15.3 Å². The fourth-order valence-corrected chi connectivity index (χ4v) is 2.88. The molecule has 4 rings (SSSR count). The highest BCUT2D eigenvalue weighted by Gasteiger charge is 2.04. The van der Waals surface area contributed by atoms with E-state index in [4.69, 9.17) is 11.0 Å². The zero-order valence-corrected chi connectivity index (χ0v) is 23.8. The van der Waals surface area contributed by atoms with E-state index in [0.29, 0.717) is 23.1 Å². The van der Waals surface area contributed by atoms with Gasteiger partial charge in [-0.1, -0.05) is 18.2 Å². The third-order valence-electron chi connectivity index (χ3n) is 4.99. The number of fused-ring (bicyclic) bond motifs is 1. The minimum atomic E-state index is 0.514. The quantitative estimate of drug-likeness (QED) is 0.200. The Bertz CT molecular complexity index is 1400. The summed E-state index contributed by atoms with van der Waals surface area (Å²) in [6.07, 6.45) is 26.0. The number of hydrogen-bond acceptors (Lipinski definition) is 8. The number of allylic oxidation sites excluding steroid dienone is 9. The molecule has 3 aromatic rings. The van der Waals surface area contributed by atoms with E-state index in [1.54, 1.807) is 32.5 Å². The summed E-state index contributed by atoms with van der Waals surface area (Å²) in [5.74, 6) is 3.28. The van der Waals surface area contributed by atoms with Crippen LogP contribution in [0.3, 0.4) is 0 Å². The lowest BCUT2D eigenvalue weighted by Crippen LogP contribution is -2.04. The topological polar surface area (TPSA) is 138 Å². The van der Waals surface area contributed by atoms with Crippen molar-refractivity contribution in [3.63, 3.8) is 0 Å². The number of nitriles is 1. The summed E-state index contributed by atoms with van der Waals surface area (Å²) in [5, 5.41) is 19.7. The van der Waals surface area contributed by atoms with Crippen molar-refractivity contribution >= 4 is 17.0 Å². The predicted molar refractivity (Wildman–Crippen MR) is 162 cm³/mol. The molecule has 0 radical (unpaired) electrons. The fourth-order valence-electron chi connectivity index (χ4n) is 2.88. The molecule has 3 heterocycles. The van der Waals surface area contributed by atoms with Gasteiger partial charge < -0.3 is 15.8 Å². The molecule has 9 nitrogen and oxygen atoms in total. The van der Waals surface area contributed by atoms with Gasteiger partial charge >= 0.3 is 0 Å². The summed E-state index contributed by atoms with van der Waals surface area (Å²) in [7, 11) is 1.56. The van der Waals surface area contributed by atoms with Crippen LogP contribution in [0, 0.1) is 23.7 Å². The van der Waals surface area contributed by atoms with Crippen LogP contribution >= 0.6 is 0 Å². The van der Waals surface area contributed by atoms with Crippen molar-refractivity contribution in [2.24, 2.45) is 5.73 Å². The SMILES string of the molecule is C#CC.C/C=C/Cc1ccncc1.COC(N)=C(C)C.N#CC1=C/C=C(/Nc2ncc3cn[nH]c3n2)CC/C=C\1. The number of nitrogens with zero attached hydrogens (tertiary/aromatic N) is 5. The van der Waals surface area contributed by atoms with E-state index in [2.05, 4.69) is 65.8 Å². The monoisotopic (exact) mass is 538 g/mol. The van der Waals surface area contributed by atoms with E-state index in [-0.39, 0.29) is 0 Å². The molecule has 1 aliphatic carbocycles. The Kier molecular flexibility index (Phi) is 16.4. The number of aromatic nitrogens is 5. The number of ether oxygens (including phenoxy) is 1. The van der Waals surface area contributed by atoms with Crippen molar-refractivity contribution < 1.29 is 4.74 Å². The number of hydrogen-bond donors (Lipinski definition) is 3. The number of anilines is 1. The van der Waals surface area contributed by atoms with E-state index in [9.17, 15) is 0 Å². The van der Waals surface area contributed by atoms with Crippen LogP contribution < -0.4 is 11.1 Å². The molecular formula is C31H38N8O. The summed E-state index contributed by atoms with van der Waals surface area (Å²) in [6.45, 7) is 7.48. The van der Waals surface area contributed by atoms with Crippen LogP contribution in [0.2, 0.25) is 0 Å². The van der Waals surface area contributed by atoms with E-state index in [1.165, 1.54) is 5.56 Å². The fraction of sp³-hybridized carbons (Fsp3) is 0.258. The Morgan fingerprint density at radius 3 is 2.58 bits per heavy atom. The van der Waals surface area contributed by atoms with Crippen LogP contribution in [0.4, 0.5) is 5.95 Å². The van der Waals surface area contributed by atoms with E-state index in [0.717, 1.165) is 35.9 Å². The second-order valence-corrected chi connectivity index (χ2v) is 8.34. The van der Waals surface area contributed by atoms with Crippen LogP contribution in [0.1, 0.15) is 46.1 Å². The average molecular weight is 539 g/mol. The summed E-state index contributed by atoms with van der Waals surface area (Å²) in [4.78, 5) is 12.5. The van der Waals surface area contributed by atoms with E-state index >= 15 is 0 Å². The normalized spacial score (nSPS) is 15.1. The number of aromatic amines is 1. The van der Waals surface area contributed by atoms with Crippen molar-refractivity contribution in [3.8, 4) is 18.4 Å². The second-order valence-electron chi connectivity index (χ2n) is 8.34. The Morgan fingerprint density at radius 2 is 1.98 bits per heavy atom. The summed E-state index contributed by atoms with van der Waals surface area (Å²) in [6, 6.07) is 6.19. The lowest BCUT2D eigenvalue weighted by molar-refractivity contribution is 0.283. The van der Waals surface area contributed by atoms with Gasteiger partial charge in [0.2, 0.25) is 5.95 Å². The number of H-pyrrole nitrogens is 1. The molecule has 1 aliphatic rings. The molecule has 0 saturated carbocycles. The second kappa shape index (κ2) is 19.9. The Hall–Kier alpha value is -5.15. The van der Waals surface area contributed by atoms with Gasteiger partial charge in [-0.3, -0.25) is 10.1 Å². The Morgan fingerprint density at radius 1 is 1.25 bits per heavy atom. The molecule has 0 spiro atoms. The van der Waals surface area contributed by atoms with Crippen molar-refractivity contribution in [1.29, 1.82) is 5.26 Å². The molecule has 0 unspecified atom stereocenters. The smallest absolute Gasteiger partial charge is 0.228 e. The number of pyridine rings is 1. The highest BCUT2D eigenvalue weighted by molar-refractivity contribution is 5.73. The summed E-state index contributed by atoms with van der Waals surface area (Å²) < 4.78 is 4.67. The molecule has 40 heavy (non-hydrogen) atoms. The molecule has 0 atom stereocenters. The maximum absolute atomic E-state index is 8.92. The molecule has 9 heteroatoms. The van der Waals surface area contributed by atoms with Gasteiger partial charge in [0.1, 0.15) is 0 Å². The third-order valence-corrected chi connectivity index (χ3v) is 4.99. The molecule has 0 bridgehead atoms. The van der Waals surface area contributed by atoms with Crippen molar-refractivity contribution in [1.82, 2.24) is 25.1 Å². The van der Waals surface area contributed by atoms with Gasteiger partial charge in [0.15, 0.2) is 11.5 Å². The molecule has 4 N–H and O–H groups in total. The number of methoxy groups -OCH3 is 1. The molecule has 208 valence electrons. The standard InChI is InChI=1S/C14H12N6.C9H11N.C5H11NO.C3H4/c15-7-10-3-1-2-4-12(6-5-10)18-14-16-8-11-9-17-20-13(11)19-14;1-2-3-4-9-5-7-10-8-6-9;1-4(2)5(6)7-3;1-3-2/h1,3,5-6,8-9H,2,4H2,(H2,16,17,18,19,20);2-3,5-8H,4H2,1H3;6H2,1-3H3;1H,2H3/b3-1-,10-5+,12-6+;3-2+;;. The van der Waals surface area contributed by atoms with Crippen LogP contribution in [-0.4, -0.2) is 32.3 Å². The van der Waals surface area contributed by atoms with Crippen LogP contribution in [-0.2, 0) is 11.2 Å². The third kappa shape index (κ3) is 13.4. The first-order chi connectivity index (χ1) is 19.4. The molecule has 0 fully saturated rings. The molecule has 0 aromatic carbocycles. The number of nitrogens with one attached hydrogen (secondary N) is 2. The highest BCUT2D eigenvalue weighted by Crippen LogP contribution is 2.15. The highest BCUT2D eigenvalue weighted by atomic mass is 16.5. The number of terminal acetylenes is 1.